The number of aromatic nitrogens is 2. The van der Waals surface area contributed by atoms with E-state index in [1.807, 2.05) is 11.3 Å². The average molecular weight is 909 g/mol. The third-order valence-corrected chi connectivity index (χ3v) is 16.5. The van der Waals surface area contributed by atoms with Crippen LogP contribution in [0, 0.1) is 0 Å². The molecule has 3 heteroatoms. The highest BCUT2D eigenvalue weighted by atomic mass is 32.1. The molecule has 0 saturated carbocycles. The Morgan fingerprint density at radius 2 is 0.943 bits per heavy atom. The molecule has 70 heavy (non-hydrogen) atoms. The molecule has 2 nitrogen and oxygen atoms in total. The van der Waals surface area contributed by atoms with Crippen molar-refractivity contribution < 1.29 is 0 Å². The van der Waals surface area contributed by atoms with Crippen molar-refractivity contribution in [3.8, 4) is 11.4 Å². The van der Waals surface area contributed by atoms with Gasteiger partial charge in [-0.05, 0) is 139 Å². The molecule has 0 N–H and O–H groups in total. The van der Waals surface area contributed by atoms with E-state index in [2.05, 4.69) is 246 Å². The Balaban J connectivity index is 0.891. The van der Waals surface area contributed by atoms with Crippen LogP contribution in [0.25, 0.3) is 118 Å². The van der Waals surface area contributed by atoms with E-state index in [0.717, 1.165) is 12.8 Å². The summed E-state index contributed by atoms with van der Waals surface area (Å²) >= 11 is 1.89. The average Bonchev–Trinajstić information content (AvgIpc) is 4.07. The zero-order valence-corrected chi connectivity index (χ0v) is 39.1. The van der Waals surface area contributed by atoms with Crippen LogP contribution in [0.3, 0.4) is 0 Å². The van der Waals surface area contributed by atoms with Gasteiger partial charge in [-0.3, -0.25) is 0 Å². The molecular formula is C67H44N2S. The second-order valence-corrected chi connectivity index (χ2v) is 20.2. The van der Waals surface area contributed by atoms with Crippen LogP contribution in [0.1, 0.15) is 29.0 Å². The molecule has 328 valence electrons. The first kappa shape index (κ1) is 39.5. The number of fused-ring (bicyclic) bond motifs is 15. The highest BCUT2D eigenvalue weighted by Crippen LogP contribution is 2.44. The van der Waals surface area contributed by atoms with Crippen molar-refractivity contribution in [2.75, 3.05) is 0 Å². The molecule has 0 spiro atoms. The summed E-state index contributed by atoms with van der Waals surface area (Å²) in [7, 11) is 0. The van der Waals surface area contributed by atoms with Crippen LogP contribution in [0.5, 0.6) is 0 Å². The van der Waals surface area contributed by atoms with Gasteiger partial charge in [0.15, 0.2) is 0 Å². The number of hydrogen-bond donors (Lipinski definition) is 0. The minimum Gasteiger partial charge on any atom is -0.309 e. The van der Waals surface area contributed by atoms with Gasteiger partial charge in [-0.2, -0.15) is 0 Å². The molecule has 1 unspecified atom stereocenters. The minimum atomic E-state index is 0.127. The van der Waals surface area contributed by atoms with Crippen molar-refractivity contribution in [1.82, 2.24) is 9.13 Å². The van der Waals surface area contributed by atoms with E-state index in [9.17, 15) is 0 Å². The molecule has 0 bridgehead atoms. The third-order valence-electron chi connectivity index (χ3n) is 15.3. The number of para-hydroxylation sites is 3. The van der Waals surface area contributed by atoms with Gasteiger partial charge in [0.1, 0.15) is 0 Å². The second kappa shape index (κ2) is 15.5. The molecule has 0 radical (unpaired) electrons. The monoisotopic (exact) mass is 908 g/mol. The first-order valence-corrected chi connectivity index (χ1v) is 25.3. The van der Waals surface area contributed by atoms with Gasteiger partial charge < -0.3 is 9.13 Å². The summed E-state index contributed by atoms with van der Waals surface area (Å²) in [6.45, 7) is 0. The van der Waals surface area contributed by atoms with Crippen LogP contribution in [0.2, 0.25) is 0 Å². The first-order valence-electron chi connectivity index (χ1n) is 24.5. The maximum absolute atomic E-state index is 2.51. The molecule has 0 amide bonds. The van der Waals surface area contributed by atoms with Gasteiger partial charge in [-0.15, -0.1) is 11.3 Å². The maximum Gasteiger partial charge on any atom is 0.0544 e. The van der Waals surface area contributed by atoms with E-state index in [-0.39, 0.29) is 5.92 Å². The number of rotatable bonds is 7. The Hall–Kier alpha value is -8.50. The summed E-state index contributed by atoms with van der Waals surface area (Å²) in [5.41, 5.74) is 11.4. The maximum atomic E-state index is 2.51. The fraction of sp³-hybridized carbons (Fsp3) is 0.0448. The summed E-state index contributed by atoms with van der Waals surface area (Å²) in [6, 6.07) is 88.8. The SMILES string of the molecule is c1ccc(-n2c3ccccc3c3c(C(CCc4ccc5c6ccccc6n(-c6ccc7sc8cc9ccccc9cc8c7c6)c5c4)c4ccc5c(ccc6c7ccccc7ccc56)c4)cccc32)cc1. The fourth-order valence-electron chi connectivity index (χ4n) is 12.1. The largest absolute Gasteiger partial charge is 0.309 e. The van der Waals surface area contributed by atoms with Crippen LogP contribution in [0.4, 0.5) is 0 Å². The van der Waals surface area contributed by atoms with E-state index in [1.54, 1.807) is 0 Å². The Labute approximate surface area is 408 Å². The number of aryl methyl sites for hydroxylation is 1. The summed E-state index contributed by atoms with van der Waals surface area (Å²) in [6.07, 6.45) is 1.86. The van der Waals surface area contributed by atoms with Gasteiger partial charge in [0, 0.05) is 59.0 Å². The second-order valence-electron chi connectivity index (χ2n) is 19.1. The van der Waals surface area contributed by atoms with E-state index in [0.29, 0.717) is 0 Å². The van der Waals surface area contributed by atoms with Crippen LogP contribution in [-0.4, -0.2) is 9.13 Å². The molecule has 0 fully saturated rings. The number of thiophene rings is 1. The highest BCUT2D eigenvalue weighted by molar-refractivity contribution is 7.25. The van der Waals surface area contributed by atoms with Crippen LogP contribution in [-0.2, 0) is 6.42 Å². The summed E-state index contributed by atoms with van der Waals surface area (Å²) in [5, 5.41) is 18.1. The molecule has 0 saturated heterocycles. The summed E-state index contributed by atoms with van der Waals surface area (Å²) in [5.74, 6) is 0.127. The van der Waals surface area contributed by atoms with E-state index in [1.165, 1.54) is 135 Å². The van der Waals surface area contributed by atoms with Crippen molar-refractivity contribution in [2.24, 2.45) is 0 Å². The molecule has 0 aliphatic carbocycles. The predicted octanol–water partition coefficient (Wildman–Crippen LogP) is 18.6. The van der Waals surface area contributed by atoms with Crippen LogP contribution in [0.15, 0.2) is 237 Å². The quantitative estimate of drug-likeness (QED) is 0.141. The minimum absolute atomic E-state index is 0.127. The van der Waals surface area contributed by atoms with Crippen molar-refractivity contribution in [3.63, 3.8) is 0 Å². The molecule has 12 aromatic carbocycles. The fourth-order valence-corrected chi connectivity index (χ4v) is 13.2. The Morgan fingerprint density at radius 1 is 0.329 bits per heavy atom. The van der Waals surface area contributed by atoms with Gasteiger partial charge in [0.25, 0.3) is 0 Å². The van der Waals surface area contributed by atoms with Gasteiger partial charge in [0.05, 0.1) is 22.1 Å². The Bertz CT molecular complexity index is 4610. The molecule has 3 aromatic heterocycles. The van der Waals surface area contributed by atoms with Crippen molar-refractivity contribution >= 4 is 118 Å². The molecule has 15 aromatic rings. The lowest BCUT2D eigenvalue weighted by Gasteiger charge is -2.21. The molecule has 15 rings (SSSR count). The zero-order valence-electron chi connectivity index (χ0n) is 38.3. The lowest BCUT2D eigenvalue weighted by atomic mass is 9.83. The Kier molecular flexibility index (Phi) is 8.75. The third kappa shape index (κ3) is 6.05. The smallest absolute Gasteiger partial charge is 0.0544 e. The van der Waals surface area contributed by atoms with Crippen molar-refractivity contribution in [1.29, 1.82) is 0 Å². The first-order chi connectivity index (χ1) is 34.7. The lowest BCUT2D eigenvalue weighted by Crippen LogP contribution is -2.05. The molecule has 1 atom stereocenters. The molecule has 3 heterocycles. The van der Waals surface area contributed by atoms with Crippen LogP contribution < -0.4 is 0 Å². The van der Waals surface area contributed by atoms with Crippen molar-refractivity contribution in [3.05, 3.63) is 253 Å². The van der Waals surface area contributed by atoms with Crippen LogP contribution >= 0.6 is 11.3 Å². The zero-order chi connectivity index (χ0) is 45.9. The van der Waals surface area contributed by atoms with Gasteiger partial charge >= 0.3 is 0 Å². The van der Waals surface area contributed by atoms with Gasteiger partial charge in [-0.1, -0.05) is 170 Å². The number of nitrogens with zero attached hydrogens (tertiary/aromatic N) is 2. The van der Waals surface area contributed by atoms with E-state index >= 15 is 0 Å². The van der Waals surface area contributed by atoms with E-state index < -0.39 is 0 Å². The number of hydrogen-bond acceptors (Lipinski definition) is 1. The molecule has 0 aliphatic heterocycles. The lowest BCUT2D eigenvalue weighted by molar-refractivity contribution is 0.721. The molecular weight excluding hydrogens is 865 g/mol. The van der Waals surface area contributed by atoms with Gasteiger partial charge in [-0.25, -0.2) is 0 Å². The normalized spacial score (nSPS) is 12.6. The van der Waals surface area contributed by atoms with E-state index in [4.69, 9.17) is 0 Å². The summed E-state index contributed by atoms with van der Waals surface area (Å²) in [4.78, 5) is 0. The summed E-state index contributed by atoms with van der Waals surface area (Å²) < 4.78 is 7.61. The molecule has 0 aliphatic rings. The predicted molar refractivity (Wildman–Crippen MR) is 301 cm³/mol. The van der Waals surface area contributed by atoms with Gasteiger partial charge in [0.2, 0.25) is 0 Å². The topological polar surface area (TPSA) is 9.86 Å². The van der Waals surface area contributed by atoms with Crippen molar-refractivity contribution in [2.45, 2.75) is 18.8 Å². The standard InChI is InChI=1S/C67H44N2S/c1-2-16-48(17-3-1)68-62-23-11-9-20-58(62)67-57(21-12-24-63(67)68)52(47-28-33-51-46(38-47)29-35-53-50-18-7-6-13-43(50)27-34-54(51)53)31-25-42-26-32-56-55-19-8-10-22-61(55)69(64(56)37-42)49-30-36-65-60(41-49)59-39-44-14-4-5-15-45(44)40-66(59)70-65/h1-24,26-30,32-41,52H,25,31H2. The highest BCUT2D eigenvalue weighted by Gasteiger charge is 2.23. The Morgan fingerprint density at radius 3 is 1.79 bits per heavy atom. The number of benzene rings is 12.